The van der Waals surface area contributed by atoms with Crippen molar-refractivity contribution in [1.82, 2.24) is 0 Å². The van der Waals surface area contributed by atoms with E-state index in [2.05, 4.69) is 11.8 Å². The highest BCUT2D eigenvalue weighted by atomic mass is 19.1. The van der Waals surface area contributed by atoms with E-state index in [1.54, 1.807) is 12.1 Å². The molecule has 1 unspecified atom stereocenters. The second-order valence-electron chi connectivity index (χ2n) is 4.77. The van der Waals surface area contributed by atoms with Crippen LogP contribution in [-0.4, -0.2) is 18.2 Å². The van der Waals surface area contributed by atoms with Gasteiger partial charge in [-0.1, -0.05) is 30.3 Å². The molecule has 0 amide bonds. The van der Waals surface area contributed by atoms with Gasteiger partial charge in [0.25, 0.3) is 0 Å². The van der Waals surface area contributed by atoms with Crippen molar-refractivity contribution in [3.63, 3.8) is 0 Å². The van der Waals surface area contributed by atoms with E-state index in [9.17, 15) is 9.50 Å². The molecule has 0 saturated carbocycles. The molecule has 0 radical (unpaired) electrons. The molecule has 1 N–H and O–H groups in total. The summed E-state index contributed by atoms with van der Waals surface area (Å²) in [5.41, 5.74) is 1.91. The molecule has 0 bridgehead atoms. The zero-order valence-corrected chi connectivity index (χ0v) is 11.7. The number of hydrogen-bond donors (Lipinski definition) is 1. The van der Waals surface area contributed by atoms with Gasteiger partial charge in [0.05, 0.1) is 6.10 Å². The summed E-state index contributed by atoms with van der Waals surface area (Å²) in [7, 11) is 0. The molecule has 2 aromatic rings. The minimum Gasteiger partial charge on any atom is -0.388 e. The number of aliphatic hydroxyl groups is 1. The van der Waals surface area contributed by atoms with Gasteiger partial charge in [0.2, 0.25) is 0 Å². The first-order chi connectivity index (χ1) is 9.70. The van der Waals surface area contributed by atoms with E-state index < -0.39 is 6.10 Å². The molecule has 2 aromatic carbocycles. The Morgan fingerprint density at radius 3 is 2.30 bits per heavy atom. The van der Waals surface area contributed by atoms with Crippen LogP contribution >= 0.6 is 0 Å². The first kappa shape index (κ1) is 14.5. The Labute approximate surface area is 119 Å². The molecule has 0 aliphatic carbocycles. The summed E-state index contributed by atoms with van der Waals surface area (Å²) in [4.78, 5) is 2.13. The molecule has 3 heteroatoms. The van der Waals surface area contributed by atoms with Gasteiger partial charge in [-0.2, -0.15) is 0 Å². The van der Waals surface area contributed by atoms with Crippen molar-refractivity contribution in [2.45, 2.75) is 19.4 Å². The third kappa shape index (κ3) is 3.81. The minimum atomic E-state index is -0.467. The molecule has 1 atom stereocenters. The predicted octanol–water partition coefficient (Wildman–Crippen LogP) is 3.78. The lowest BCUT2D eigenvalue weighted by Gasteiger charge is -2.24. The van der Waals surface area contributed by atoms with E-state index in [0.29, 0.717) is 6.42 Å². The Hall–Kier alpha value is -1.87. The third-order valence-corrected chi connectivity index (χ3v) is 3.43. The van der Waals surface area contributed by atoms with Crippen LogP contribution in [0.2, 0.25) is 0 Å². The number of nitrogens with zero attached hydrogens (tertiary/aromatic N) is 1. The molecule has 0 aliphatic heterocycles. The maximum absolute atomic E-state index is 12.9. The summed E-state index contributed by atoms with van der Waals surface area (Å²) in [6.45, 7) is 3.61. The zero-order valence-electron chi connectivity index (χ0n) is 11.7. The van der Waals surface area contributed by atoms with E-state index in [-0.39, 0.29) is 5.82 Å². The first-order valence-corrected chi connectivity index (χ1v) is 6.94. The summed E-state index contributed by atoms with van der Waals surface area (Å²) >= 11 is 0. The van der Waals surface area contributed by atoms with Crippen LogP contribution in [0.1, 0.15) is 25.0 Å². The van der Waals surface area contributed by atoms with Crippen molar-refractivity contribution in [3.8, 4) is 0 Å². The van der Waals surface area contributed by atoms with Crippen molar-refractivity contribution in [1.29, 1.82) is 0 Å². The fourth-order valence-corrected chi connectivity index (χ4v) is 2.24. The number of hydrogen-bond acceptors (Lipinski definition) is 2. The summed E-state index contributed by atoms with van der Waals surface area (Å²) in [5, 5.41) is 10.2. The number of halogens is 1. The predicted molar refractivity (Wildman–Crippen MR) is 80.3 cm³/mol. The topological polar surface area (TPSA) is 23.5 Å². The largest absolute Gasteiger partial charge is 0.388 e. The first-order valence-electron chi connectivity index (χ1n) is 6.94. The average Bonchev–Trinajstić information content (AvgIpc) is 2.50. The van der Waals surface area contributed by atoms with E-state index in [4.69, 9.17) is 0 Å². The highest BCUT2D eigenvalue weighted by Gasteiger charge is 2.10. The zero-order chi connectivity index (χ0) is 14.4. The number of anilines is 1. The monoisotopic (exact) mass is 273 g/mol. The highest BCUT2D eigenvalue weighted by molar-refractivity contribution is 5.46. The molecule has 0 aliphatic rings. The van der Waals surface area contributed by atoms with E-state index in [0.717, 1.165) is 24.3 Å². The quantitative estimate of drug-likeness (QED) is 0.866. The Bertz CT molecular complexity index is 512. The summed E-state index contributed by atoms with van der Waals surface area (Å²) in [5.74, 6) is -0.228. The molecule has 0 saturated heterocycles. The minimum absolute atomic E-state index is 0.228. The smallest absolute Gasteiger partial charge is 0.123 e. The van der Waals surface area contributed by atoms with Crippen molar-refractivity contribution in [3.05, 3.63) is 66.0 Å². The molecule has 2 rings (SSSR count). The van der Waals surface area contributed by atoms with Gasteiger partial charge in [0.1, 0.15) is 5.82 Å². The van der Waals surface area contributed by atoms with E-state index in [1.807, 2.05) is 30.3 Å². The number of benzene rings is 2. The standard InChI is InChI=1S/C17H20FNO/c1-2-19(16-10-8-15(18)9-11-16)13-12-17(20)14-6-4-3-5-7-14/h3-11,17,20H,2,12-13H2,1H3. The van der Waals surface area contributed by atoms with Crippen LogP contribution in [0.15, 0.2) is 54.6 Å². The van der Waals surface area contributed by atoms with E-state index in [1.165, 1.54) is 12.1 Å². The lowest BCUT2D eigenvalue weighted by Crippen LogP contribution is -2.25. The molecular weight excluding hydrogens is 253 g/mol. The SMILES string of the molecule is CCN(CCC(O)c1ccccc1)c1ccc(F)cc1. The van der Waals surface area contributed by atoms with Gasteiger partial charge >= 0.3 is 0 Å². The summed E-state index contributed by atoms with van der Waals surface area (Å²) in [6, 6.07) is 16.1. The van der Waals surface area contributed by atoms with Crippen LogP contribution in [0.25, 0.3) is 0 Å². The fourth-order valence-electron chi connectivity index (χ4n) is 2.24. The normalized spacial score (nSPS) is 12.2. The van der Waals surface area contributed by atoms with Crippen LogP contribution < -0.4 is 4.90 Å². The third-order valence-electron chi connectivity index (χ3n) is 3.43. The van der Waals surface area contributed by atoms with Gasteiger partial charge in [0.15, 0.2) is 0 Å². The molecule has 2 nitrogen and oxygen atoms in total. The molecular formula is C17H20FNO. The van der Waals surface area contributed by atoms with Crippen LogP contribution in [0.5, 0.6) is 0 Å². The Balaban J connectivity index is 1.95. The Morgan fingerprint density at radius 1 is 1.05 bits per heavy atom. The van der Waals surface area contributed by atoms with Gasteiger partial charge in [-0.25, -0.2) is 4.39 Å². The molecule has 20 heavy (non-hydrogen) atoms. The molecule has 0 fully saturated rings. The average molecular weight is 273 g/mol. The summed E-state index contributed by atoms with van der Waals surface area (Å²) < 4.78 is 12.9. The maximum Gasteiger partial charge on any atom is 0.123 e. The van der Waals surface area contributed by atoms with Crippen LogP contribution in [0.4, 0.5) is 10.1 Å². The Kier molecular flexibility index (Phi) is 5.13. The fraction of sp³-hybridized carbons (Fsp3) is 0.294. The molecule has 0 aromatic heterocycles. The Morgan fingerprint density at radius 2 is 1.70 bits per heavy atom. The van der Waals surface area contributed by atoms with Crippen LogP contribution in [-0.2, 0) is 0 Å². The second kappa shape index (κ2) is 7.06. The summed E-state index contributed by atoms with van der Waals surface area (Å²) in [6.07, 6.45) is 0.181. The second-order valence-corrected chi connectivity index (χ2v) is 4.77. The van der Waals surface area contributed by atoms with Gasteiger partial charge in [-0.15, -0.1) is 0 Å². The van der Waals surface area contributed by atoms with Crippen LogP contribution in [0, 0.1) is 5.82 Å². The molecule has 0 spiro atoms. The van der Waals surface area contributed by atoms with Gasteiger partial charge < -0.3 is 10.0 Å². The van der Waals surface area contributed by atoms with Crippen molar-refractivity contribution >= 4 is 5.69 Å². The van der Waals surface area contributed by atoms with Crippen molar-refractivity contribution in [2.75, 3.05) is 18.0 Å². The lowest BCUT2D eigenvalue weighted by molar-refractivity contribution is 0.169. The van der Waals surface area contributed by atoms with E-state index >= 15 is 0 Å². The molecule has 0 heterocycles. The number of aliphatic hydroxyl groups excluding tert-OH is 1. The van der Waals surface area contributed by atoms with Crippen LogP contribution in [0.3, 0.4) is 0 Å². The van der Waals surface area contributed by atoms with Crippen molar-refractivity contribution in [2.24, 2.45) is 0 Å². The van der Waals surface area contributed by atoms with Gasteiger partial charge in [0, 0.05) is 18.8 Å². The molecule has 106 valence electrons. The van der Waals surface area contributed by atoms with Gasteiger partial charge in [-0.05, 0) is 43.2 Å². The highest BCUT2D eigenvalue weighted by Crippen LogP contribution is 2.20. The maximum atomic E-state index is 12.9. The number of rotatable bonds is 6. The lowest BCUT2D eigenvalue weighted by atomic mass is 10.1. The van der Waals surface area contributed by atoms with Crippen molar-refractivity contribution < 1.29 is 9.50 Å². The van der Waals surface area contributed by atoms with Gasteiger partial charge in [-0.3, -0.25) is 0 Å².